The average Bonchev–Trinajstić information content (AvgIpc) is 3.68. The summed E-state index contributed by atoms with van der Waals surface area (Å²) in [7, 11) is 0. The lowest BCUT2D eigenvalue weighted by Gasteiger charge is -2.25. The fourth-order valence-corrected chi connectivity index (χ4v) is 6.63. The number of nitrogens with zero attached hydrogens (tertiary/aromatic N) is 6. The molecule has 0 radical (unpaired) electrons. The Hall–Kier alpha value is -3.42. The highest BCUT2D eigenvalue weighted by Crippen LogP contribution is 2.59. The van der Waals surface area contributed by atoms with Crippen LogP contribution in [0.3, 0.4) is 0 Å². The molecule has 0 bridgehead atoms. The monoisotopic (exact) mass is 592 g/mol. The Balaban J connectivity index is 1.22. The summed E-state index contributed by atoms with van der Waals surface area (Å²) in [6, 6.07) is 6.24. The molecular formula is C28H33F5N8O. The molecule has 4 atom stereocenters. The quantitative estimate of drug-likeness (QED) is 0.319. The van der Waals surface area contributed by atoms with Crippen molar-refractivity contribution in [3.8, 4) is 11.3 Å². The van der Waals surface area contributed by atoms with Gasteiger partial charge in [-0.15, -0.1) is 5.10 Å². The molecular weight excluding hydrogens is 559 g/mol. The van der Waals surface area contributed by atoms with Crippen LogP contribution in [0.1, 0.15) is 79.3 Å². The second-order valence-corrected chi connectivity index (χ2v) is 11.8. The molecule has 9 nitrogen and oxygen atoms in total. The van der Waals surface area contributed by atoms with Gasteiger partial charge in [0.2, 0.25) is 0 Å². The largest absolute Gasteiger partial charge is 0.417 e. The number of hydrogen-bond donors (Lipinski definition) is 2. The molecule has 6 rings (SSSR count). The number of carbonyl (C=O) groups is 1. The second kappa shape index (κ2) is 11.0. The summed E-state index contributed by atoms with van der Waals surface area (Å²) in [5.41, 5.74) is -0.509. The van der Waals surface area contributed by atoms with Crippen LogP contribution in [0.4, 0.5) is 22.0 Å². The van der Waals surface area contributed by atoms with E-state index in [9.17, 15) is 26.7 Å². The molecule has 3 unspecified atom stereocenters. The predicted octanol–water partition coefficient (Wildman–Crippen LogP) is 5.08. The molecule has 14 heteroatoms. The van der Waals surface area contributed by atoms with E-state index in [-0.39, 0.29) is 28.9 Å². The Labute approximate surface area is 239 Å². The summed E-state index contributed by atoms with van der Waals surface area (Å²) < 4.78 is 70.5. The summed E-state index contributed by atoms with van der Waals surface area (Å²) in [4.78, 5) is 15.6. The number of carbonyl (C=O) groups excluding carboxylic acids is 1. The third-order valence-corrected chi connectivity index (χ3v) is 9.13. The van der Waals surface area contributed by atoms with Gasteiger partial charge in [-0.05, 0) is 54.8 Å². The minimum atomic E-state index is -4.57. The van der Waals surface area contributed by atoms with Crippen LogP contribution < -0.4 is 5.32 Å². The van der Waals surface area contributed by atoms with Gasteiger partial charge in [0.1, 0.15) is 0 Å². The van der Waals surface area contributed by atoms with E-state index in [1.165, 1.54) is 18.2 Å². The molecule has 1 aliphatic heterocycles. The van der Waals surface area contributed by atoms with Gasteiger partial charge in [0.05, 0.1) is 17.3 Å². The van der Waals surface area contributed by atoms with Crippen molar-refractivity contribution in [2.75, 3.05) is 19.6 Å². The van der Waals surface area contributed by atoms with Gasteiger partial charge in [0, 0.05) is 42.4 Å². The number of likely N-dealkylation sites (tertiary alicyclic amines) is 1. The molecule has 3 aromatic rings. The van der Waals surface area contributed by atoms with Crippen molar-refractivity contribution < 1.29 is 26.7 Å². The number of fused-ring (bicyclic) bond motifs is 1. The van der Waals surface area contributed by atoms with E-state index in [0.717, 1.165) is 31.7 Å². The SMILES string of the molecule is CC(c1nnn[nH]1)[C@H](CCCN1CC2C(C1)C2(F)F)NC(=O)c1cc(-c2ccccc2C(F)(F)F)n(C2CCCC2)n1. The minimum Gasteiger partial charge on any atom is -0.347 e. The van der Waals surface area contributed by atoms with Crippen LogP contribution in [0.15, 0.2) is 30.3 Å². The van der Waals surface area contributed by atoms with Crippen molar-refractivity contribution in [1.82, 2.24) is 40.6 Å². The van der Waals surface area contributed by atoms with Crippen LogP contribution in [0, 0.1) is 11.8 Å². The van der Waals surface area contributed by atoms with E-state index >= 15 is 0 Å². The topological polar surface area (TPSA) is 105 Å². The maximum absolute atomic E-state index is 13.9. The number of aromatic amines is 1. The number of H-pyrrole nitrogens is 1. The summed E-state index contributed by atoms with van der Waals surface area (Å²) in [6.07, 6.45) is 0.00584. The zero-order valence-electron chi connectivity index (χ0n) is 23.1. The van der Waals surface area contributed by atoms with Crippen molar-refractivity contribution in [2.45, 2.75) is 75.5 Å². The van der Waals surface area contributed by atoms with Crippen LogP contribution in [0.2, 0.25) is 0 Å². The number of nitrogens with one attached hydrogen (secondary N) is 2. The van der Waals surface area contributed by atoms with Gasteiger partial charge in [-0.2, -0.15) is 18.3 Å². The van der Waals surface area contributed by atoms with Gasteiger partial charge in [-0.1, -0.05) is 38.0 Å². The Kier molecular flexibility index (Phi) is 7.52. The first kappa shape index (κ1) is 28.7. The lowest BCUT2D eigenvalue weighted by Crippen LogP contribution is -2.40. The Bertz CT molecular complexity index is 1390. The highest BCUT2D eigenvalue weighted by atomic mass is 19.4. The second-order valence-electron chi connectivity index (χ2n) is 11.8. The summed E-state index contributed by atoms with van der Waals surface area (Å²) >= 11 is 0. The van der Waals surface area contributed by atoms with Gasteiger partial charge in [-0.25, -0.2) is 13.9 Å². The number of halogens is 5. The number of alkyl halides is 5. The van der Waals surface area contributed by atoms with E-state index in [0.29, 0.717) is 38.3 Å². The number of hydrogen-bond acceptors (Lipinski definition) is 6. The molecule has 0 spiro atoms. The predicted molar refractivity (Wildman–Crippen MR) is 142 cm³/mol. The maximum Gasteiger partial charge on any atom is 0.417 e. The van der Waals surface area contributed by atoms with Gasteiger partial charge < -0.3 is 10.2 Å². The molecule has 1 saturated heterocycles. The molecule has 42 heavy (non-hydrogen) atoms. The number of rotatable bonds is 10. The Morgan fingerprint density at radius 1 is 1.17 bits per heavy atom. The van der Waals surface area contributed by atoms with Crippen molar-refractivity contribution in [3.63, 3.8) is 0 Å². The molecule has 2 aromatic heterocycles. The Morgan fingerprint density at radius 3 is 2.55 bits per heavy atom. The Morgan fingerprint density at radius 2 is 1.88 bits per heavy atom. The first-order chi connectivity index (χ1) is 20.0. The first-order valence-corrected chi connectivity index (χ1v) is 14.4. The molecule has 1 amide bonds. The van der Waals surface area contributed by atoms with Gasteiger partial charge in [0.15, 0.2) is 11.5 Å². The number of piperidine rings is 1. The van der Waals surface area contributed by atoms with Crippen molar-refractivity contribution >= 4 is 5.91 Å². The average molecular weight is 593 g/mol. The summed E-state index contributed by atoms with van der Waals surface area (Å²) in [6.45, 7) is 3.22. The lowest BCUT2D eigenvalue weighted by atomic mass is 9.96. The summed E-state index contributed by atoms with van der Waals surface area (Å²) in [5.74, 6) is -4.01. The summed E-state index contributed by atoms with van der Waals surface area (Å²) in [5, 5.41) is 21.5. The van der Waals surface area contributed by atoms with E-state index in [4.69, 9.17) is 0 Å². The lowest BCUT2D eigenvalue weighted by molar-refractivity contribution is -0.137. The molecule has 2 N–H and O–H groups in total. The normalized spacial score (nSPS) is 23.6. The number of aromatic nitrogens is 6. The minimum absolute atomic E-state index is 0.0182. The van der Waals surface area contributed by atoms with E-state index < -0.39 is 41.4 Å². The molecule has 2 saturated carbocycles. The molecule has 3 fully saturated rings. The fraction of sp³-hybridized carbons (Fsp3) is 0.607. The maximum atomic E-state index is 13.9. The molecule has 3 heterocycles. The van der Waals surface area contributed by atoms with Crippen molar-refractivity contribution in [3.05, 3.63) is 47.4 Å². The van der Waals surface area contributed by atoms with Crippen LogP contribution in [-0.4, -0.2) is 72.8 Å². The van der Waals surface area contributed by atoms with Gasteiger partial charge in [-0.3, -0.25) is 9.48 Å². The van der Waals surface area contributed by atoms with Crippen LogP contribution >= 0.6 is 0 Å². The third kappa shape index (κ3) is 5.52. The highest BCUT2D eigenvalue weighted by Gasteiger charge is 2.71. The van der Waals surface area contributed by atoms with Crippen molar-refractivity contribution in [1.29, 1.82) is 0 Å². The zero-order valence-corrected chi connectivity index (χ0v) is 23.1. The van der Waals surface area contributed by atoms with E-state index in [1.807, 2.05) is 11.8 Å². The van der Waals surface area contributed by atoms with Crippen LogP contribution in [-0.2, 0) is 6.18 Å². The van der Waals surface area contributed by atoms with Crippen LogP contribution in [0.5, 0.6) is 0 Å². The van der Waals surface area contributed by atoms with E-state index in [2.05, 4.69) is 31.0 Å². The number of benzene rings is 1. The van der Waals surface area contributed by atoms with Gasteiger partial charge in [0.25, 0.3) is 11.8 Å². The third-order valence-electron chi connectivity index (χ3n) is 9.13. The smallest absolute Gasteiger partial charge is 0.347 e. The van der Waals surface area contributed by atoms with Crippen LogP contribution in [0.25, 0.3) is 11.3 Å². The first-order valence-electron chi connectivity index (χ1n) is 14.4. The molecule has 1 aromatic carbocycles. The molecule has 2 aliphatic carbocycles. The van der Waals surface area contributed by atoms with Gasteiger partial charge >= 0.3 is 6.18 Å². The molecule has 226 valence electrons. The number of tetrazole rings is 1. The van der Waals surface area contributed by atoms with E-state index in [1.54, 1.807) is 10.7 Å². The standard InChI is InChI=1S/C28H33F5N8O/c1-16(25-35-38-39-36-25)22(11-6-12-40-14-20-21(15-40)27(20,29)30)34-26(42)23-13-24(41(37-23)17-7-2-3-8-17)18-9-4-5-10-19(18)28(31,32)33/h4-5,9-10,13,16-17,20-22H,2-3,6-8,11-12,14-15H2,1H3,(H,34,42)(H,35,36,38,39)/t16?,20?,21?,22-/m0/s1. The number of amides is 1. The molecule has 3 aliphatic rings. The highest BCUT2D eigenvalue weighted by molar-refractivity contribution is 5.93. The zero-order chi connectivity index (χ0) is 29.6. The fourth-order valence-electron chi connectivity index (χ4n) is 6.63. The van der Waals surface area contributed by atoms with Crippen molar-refractivity contribution in [2.24, 2.45) is 11.8 Å².